The summed E-state index contributed by atoms with van der Waals surface area (Å²) < 4.78 is 37.5. The van der Waals surface area contributed by atoms with Gasteiger partial charge >= 0.3 is 12.2 Å². The number of ether oxygens (including phenoxy) is 1. The summed E-state index contributed by atoms with van der Waals surface area (Å²) in [4.78, 5) is 20.7. The third-order valence-electron chi connectivity index (χ3n) is 4.59. The maximum absolute atomic E-state index is 12.5. The Balaban J connectivity index is 0.000000466. The van der Waals surface area contributed by atoms with Gasteiger partial charge in [0.15, 0.2) is 16.8 Å². The first-order valence-electron chi connectivity index (χ1n) is 10.0. The molecule has 2 aromatic carbocycles. The molecule has 0 aliphatic carbocycles. The number of amides is 2. The predicted molar refractivity (Wildman–Crippen MR) is 137 cm³/mol. The van der Waals surface area contributed by atoms with Crippen molar-refractivity contribution in [2.75, 3.05) is 24.4 Å². The van der Waals surface area contributed by atoms with Gasteiger partial charge in [-0.2, -0.15) is 13.2 Å². The molecule has 0 atom stereocenters. The van der Waals surface area contributed by atoms with Gasteiger partial charge in [-0.1, -0.05) is 30.8 Å². The smallest absolute Gasteiger partial charge is 0.448 e. The van der Waals surface area contributed by atoms with Gasteiger partial charge in [-0.15, -0.1) is 11.8 Å². The largest absolute Gasteiger partial charge is 0.493 e. The van der Waals surface area contributed by atoms with Gasteiger partial charge in [0.2, 0.25) is 0 Å². The Morgan fingerprint density at radius 1 is 1.29 bits per heavy atom. The lowest BCUT2D eigenvalue weighted by atomic mass is 10.2. The van der Waals surface area contributed by atoms with Crippen molar-refractivity contribution >= 4 is 57.4 Å². The van der Waals surface area contributed by atoms with Crippen molar-refractivity contribution in [2.45, 2.75) is 13.1 Å². The van der Waals surface area contributed by atoms with Crippen molar-refractivity contribution in [1.29, 1.82) is 0 Å². The zero-order chi connectivity index (χ0) is 26.2. The van der Waals surface area contributed by atoms with Crippen molar-refractivity contribution in [1.82, 2.24) is 4.98 Å². The Bertz CT molecular complexity index is 1240. The van der Waals surface area contributed by atoms with Crippen LogP contribution in [0.3, 0.4) is 0 Å². The molecule has 6 nitrogen and oxygen atoms in total. The second-order valence-corrected chi connectivity index (χ2v) is 8.36. The summed E-state index contributed by atoms with van der Waals surface area (Å²) in [6.45, 7) is 8.31. The summed E-state index contributed by atoms with van der Waals surface area (Å²) in [6, 6.07) is 12.6. The molecule has 1 aromatic heterocycles. The Hall–Kier alpha value is -3.37. The highest BCUT2D eigenvalue weighted by molar-refractivity contribution is 8.05. The number of anilines is 2. The number of benzene rings is 2. The second-order valence-electron chi connectivity index (χ2n) is 7.08. The number of hydrogen-bond donors (Lipinski definition) is 2. The van der Waals surface area contributed by atoms with Crippen LogP contribution < -0.4 is 15.2 Å². The van der Waals surface area contributed by atoms with E-state index in [4.69, 9.17) is 11.6 Å². The lowest BCUT2D eigenvalue weighted by molar-refractivity contribution is -0.348. The van der Waals surface area contributed by atoms with E-state index in [1.54, 1.807) is 24.6 Å². The van der Waals surface area contributed by atoms with Crippen LogP contribution >= 0.6 is 23.4 Å². The molecule has 186 valence electrons. The quantitative estimate of drug-likeness (QED) is 0.333. The normalized spacial score (nSPS) is 11.3. The van der Waals surface area contributed by atoms with Crippen LogP contribution in [-0.2, 0) is 4.74 Å². The number of thioether (sulfide) groups is 1. The fourth-order valence-electron chi connectivity index (χ4n) is 2.67. The number of rotatable bonds is 6. The molecular formula is C24H25ClF3N4O2S+. The molecule has 3 rings (SSSR count). The van der Waals surface area contributed by atoms with E-state index >= 15 is 0 Å². The van der Waals surface area contributed by atoms with Gasteiger partial charge in [-0.25, -0.2) is 14.8 Å². The van der Waals surface area contributed by atoms with Crippen molar-refractivity contribution in [3.8, 4) is 0 Å². The molecule has 11 heteroatoms. The highest BCUT2D eigenvalue weighted by atomic mass is 35.5. The molecule has 2 amide bonds. The number of fused-ring (bicyclic) bond motifs is 1. The highest BCUT2D eigenvalue weighted by Gasteiger charge is 2.33. The number of aromatic nitrogens is 2. The zero-order valence-corrected chi connectivity index (χ0v) is 20.9. The molecule has 0 saturated heterocycles. The van der Waals surface area contributed by atoms with Gasteiger partial charge in [-0.3, -0.25) is 4.90 Å². The number of nitrogens with one attached hydrogen (secondary N) is 3. The van der Waals surface area contributed by atoms with E-state index in [1.807, 2.05) is 42.7 Å². The monoisotopic (exact) mass is 525 g/mol. The first-order valence-corrected chi connectivity index (χ1v) is 11.4. The summed E-state index contributed by atoms with van der Waals surface area (Å²) in [6.07, 6.45) is -4.41. The minimum Gasteiger partial charge on any atom is -0.493 e. The van der Waals surface area contributed by atoms with E-state index in [9.17, 15) is 18.0 Å². The van der Waals surface area contributed by atoms with Crippen LogP contribution in [0.5, 0.6) is 0 Å². The minimum atomic E-state index is -4.41. The average Bonchev–Trinajstić information content (AvgIpc) is 3.24. The molecule has 0 spiro atoms. The number of halogens is 4. The zero-order valence-electron chi connectivity index (χ0n) is 19.3. The van der Waals surface area contributed by atoms with Crippen LogP contribution in [-0.4, -0.2) is 31.3 Å². The molecule has 0 radical (unpaired) electrons. The van der Waals surface area contributed by atoms with E-state index in [-0.39, 0.29) is 6.03 Å². The number of H-pyrrole nitrogens is 2. The van der Waals surface area contributed by atoms with Crippen LogP contribution in [0, 0.1) is 0 Å². The molecule has 0 saturated carbocycles. The van der Waals surface area contributed by atoms with Gasteiger partial charge in [0.1, 0.15) is 0 Å². The van der Waals surface area contributed by atoms with E-state index in [2.05, 4.69) is 33.2 Å². The van der Waals surface area contributed by atoms with Crippen molar-refractivity contribution < 1.29 is 27.7 Å². The average molecular weight is 526 g/mol. The summed E-state index contributed by atoms with van der Waals surface area (Å²) in [7, 11) is 2.63. The molecule has 0 bridgehead atoms. The maximum Gasteiger partial charge on any atom is 0.448 e. The number of carbonyl (C=O) groups is 1. The van der Waals surface area contributed by atoms with Crippen LogP contribution in [0.4, 0.5) is 29.3 Å². The molecule has 0 aliphatic rings. The van der Waals surface area contributed by atoms with Gasteiger partial charge in [0, 0.05) is 35.1 Å². The molecule has 0 aliphatic heterocycles. The lowest BCUT2D eigenvalue weighted by Gasteiger charge is -2.18. The predicted octanol–water partition coefficient (Wildman–Crippen LogP) is 7.25. The summed E-state index contributed by atoms with van der Waals surface area (Å²) in [5.41, 5.74) is 4.36. The molecule has 35 heavy (non-hydrogen) atoms. The number of urea groups is 1. The van der Waals surface area contributed by atoms with E-state index in [0.29, 0.717) is 10.7 Å². The van der Waals surface area contributed by atoms with Gasteiger partial charge in [0.05, 0.1) is 7.11 Å². The summed E-state index contributed by atoms with van der Waals surface area (Å²) >= 11 is 7.53. The van der Waals surface area contributed by atoms with Crippen LogP contribution in [0.25, 0.3) is 16.6 Å². The first-order chi connectivity index (χ1) is 16.5. The fraction of sp³-hybridized carbons (Fsp3) is 0.167. The number of methoxy groups -OCH3 is 1. The van der Waals surface area contributed by atoms with Gasteiger partial charge in [0.25, 0.3) is 5.82 Å². The standard InChI is InChI=1S/C20H19ClN4OS.C4H5F3O/c1-4-27-12-13(2)19-23-17-9-8-15(11-18(17)24-19)22-20(26)25(3)16-7-5-6-14(21)10-16;1-3(8-2)4(5,6)7/h4-12H,1H2,2-3H3,(H,22,26)(H,23,24);1H2,2H3/p+1/b13-12+;. The molecule has 3 N–H and O–H groups in total. The molecule has 1 heterocycles. The maximum atomic E-state index is 12.5. The Morgan fingerprint density at radius 3 is 2.57 bits per heavy atom. The number of carbonyl (C=O) groups excluding carboxylic acids is 1. The summed E-state index contributed by atoms with van der Waals surface area (Å²) in [5.74, 6) is -0.253. The van der Waals surface area contributed by atoms with Crippen molar-refractivity contribution in [3.63, 3.8) is 0 Å². The third-order valence-corrected chi connectivity index (χ3v) is 5.51. The van der Waals surface area contributed by atoms with Crippen molar-refractivity contribution in [2.24, 2.45) is 0 Å². The minimum absolute atomic E-state index is 0.245. The van der Waals surface area contributed by atoms with E-state index < -0.39 is 11.9 Å². The number of hydrogen-bond acceptors (Lipinski definition) is 3. The molecule has 0 unspecified atom stereocenters. The Morgan fingerprint density at radius 2 is 2.00 bits per heavy atom. The summed E-state index contributed by atoms with van der Waals surface area (Å²) in [5, 5.41) is 7.27. The molecular weight excluding hydrogens is 501 g/mol. The first kappa shape index (κ1) is 27.9. The SMILES string of the molecule is C=C(OC)C(F)(F)F.C=CS/C=C(\C)c1[nH]c2cc(NC(=O)N(C)c3cccc(Cl)c3)ccc2[nH+]1. The number of imidazole rings is 1. The number of nitrogens with zero attached hydrogens (tertiary/aromatic N) is 1. The third kappa shape index (κ3) is 8.11. The topological polar surface area (TPSA) is 71.5 Å². The van der Waals surface area contributed by atoms with Crippen molar-refractivity contribution in [3.05, 3.63) is 83.0 Å². The number of alkyl halides is 3. The lowest BCUT2D eigenvalue weighted by Crippen LogP contribution is -2.31. The van der Waals surface area contributed by atoms with Gasteiger partial charge in [-0.05, 0) is 48.1 Å². The molecule has 3 aromatic rings. The van der Waals surface area contributed by atoms with Crippen LogP contribution in [0.1, 0.15) is 12.7 Å². The number of aromatic amines is 2. The van der Waals surface area contributed by atoms with Gasteiger partial charge < -0.3 is 10.1 Å². The van der Waals surface area contributed by atoms with E-state index in [1.165, 1.54) is 16.7 Å². The fourth-order valence-corrected chi connectivity index (χ4v) is 3.27. The Kier molecular flexibility index (Phi) is 9.85. The van der Waals surface area contributed by atoms with E-state index in [0.717, 1.165) is 35.2 Å². The Labute approximate surface area is 210 Å². The van der Waals surface area contributed by atoms with Crippen LogP contribution in [0.2, 0.25) is 5.02 Å². The van der Waals surface area contributed by atoms with Crippen LogP contribution in [0.15, 0.2) is 72.2 Å². The second kappa shape index (κ2) is 12.4. The molecule has 0 fully saturated rings. The highest BCUT2D eigenvalue weighted by Crippen LogP contribution is 2.24. The number of allylic oxidation sites excluding steroid dienone is 2.